The summed E-state index contributed by atoms with van der Waals surface area (Å²) >= 11 is 0. The first-order valence-corrected chi connectivity index (χ1v) is 7.09. The molecule has 0 aromatic carbocycles. The van der Waals surface area contributed by atoms with Crippen LogP contribution in [0, 0.1) is 5.41 Å². The molecule has 1 aliphatic rings. The van der Waals surface area contributed by atoms with Gasteiger partial charge in [-0.25, -0.2) is 0 Å². The number of aliphatic hydroxyl groups excluding tert-OH is 1. The van der Waals surface area contributed by atoms with Crippen LogP contribution in [-0.4, -0.2) is 50.1 Å². The highest BCUT2D eigenvalue weighted by atomic mass is 16.4. The highest BCUT2D eigenvalue weighted by Crippen LogP contribution is 2.36. The average Bonchev–Trinajstić information content (AvgIpc) is 2.79. The largest absolute Gasteiger partial charge is 0.481 e. The molecule has 2 N–H and O–H groups in total. The molecule has 1 saturated heterocycles. The summed E-state index contributed by atoms with van der Waals surface area (Å²) in [5, 5.41) is 23.9. The summed E-state index contributed by atoms with van der Waals surface area (Å²) in [6.45, 7) is 3.75. The Labute approximate surface area is 119 Å². The molecule has 6 heteroatoms. The van der Waals surface area contributed by atoms with Crippen molar-refractivity contribution in [2.24, 2.45) is 12.5 Å². The number of likely N-dealkylation sites (tertiary alicyclic amines) is 1. The number of piperidine rings is 1. The minimum Gasteiger partial charge on any atom is -0.481 e. The molecule has 0 aliphatic carbocycles. The monoisotopic (exact) mass is 281 g/mol. The lowest BCUT2D eigenvalue weighted by Gasteiger charge is -2.43. The molecule has 0 unspecified atom stereocenters. The first-order valence-electron chi connectivity index (χ1n) is 7.09. The van der Waals surface area contributed by atoms with Crippen LogP contribution in [0.3, 0.4) is 0 Å². The first kappa shape index (κ1) is 15.0. The van der Waals surface area contributed by atoms with Gasteiger partial charge in [0.2, 0.25) is 0 Å². The van der Waals surface area contributed by atoms with Crippen molar-refractivity contribution < 1.29 is 15.0 Å². The molecule has 1 aromatic rings. The first-order chi connectivity index (χ1) is 9.48. The van der Waals surface area contributed by atoms with E-state index in [0.717, 1.165) is 18.5 Å². The molecular weight excluding hydrogens is 258 g/mol. The normalized spacial score (nSPS) is 27.6. The molecule has 1 aromatic heterocycles. The van der Waals surface area contributed by atoms with Gasteiger partial charge < -0.3 is 10.2 Å². The summed E-state index contributed by atoms with van der Waals surface area (Å²) in [5.74, 6) is -0.886. The number of aryl methyl sites for hydroxylation is 1. The predicted molar refractivity (Wildman–Crippen MR) is 74.1 cm³/mol. The Morgan fingerprint density at radius 1 is 1.60 bits per heavy atom. The van der Waals surface area contributed by atoms with Crippen LogP contribution < -0.4 is 0 Å². The van der Waals surface area contributed by atoms with Crippen LogP contribution in [0.2, 0.25) is 0 Å². The molecule has 1 aliphatic heterocycles. The number of aliphatic carboxylic acids is 1. The van der Waals surface area contributed by atoms with Crippen LogP contribution in [-0.2, 0) is 18.4 Å². The summed E-state index contributed by atoms with van der Waals surface area (Å²) in [7, 11) is 1.86. The van der Waals surface area contributed by atoms with Gasteiger partial charge in [0, 0.05) is 38.4 Å². The Balaban J connectivity index is 2.12. The molecule has 112 valence electrons. The smallest absolute Gasteiger partial charge is 0.313 e. The van der Waals surface area contributed by atoms with E-state index in [-0.39, 0.29) is 0 Å². The maximum Gasteiger partial charge on any atom is 0.313 e. The van der Waals surface area contributed by atoms with Gasteiger partial charge in [0.25, 0.3) is 0 Å². The van der Waals surface area contributed by atoms with E-state index in [1.807, 2.05) is 20.2 Å². The molecule has 2 atom stereocenters. The van der Waals surface area contributed by atoms with Gasteiger partial charge >= 0.3 is 5.97 Å². The van der Waals surface area contributed by atoms with Crippen molar-refractivity contribution in [3.05, 3.63) is 18.0 Å². The summed E-state index contributed by atoms with van der Waals surface area (Å²) in [6, 6.07) is 0. The van der Waals surface area contributed by atoms with Crippen LogP contribution in [0.4, 0.5) is 0 Å². The fraction of sp³-hybridized carbons (Fsp3) is 0.714. The lowest BCUT2D eigenvalue weighted by molar-refractivity contribution is -0.164. The molecule has 2 heterocycles. The van der Waals surface area contributed by atoms with E-state index in [1.165, 1.54) is 0 Å². The standard InChI is InChI=1S/C14H23N3O3/c1-3-5-14(13(19)20)10-17(6-4-12(14)18)9-11-7-15-16(2)8-11/h7-8,12,18H,3-6,9-10H2,1-2H3,(H,19,20)/t12-,14-/m1/s1. The van der Waals surface area contributed by atoms with Crippen molar-refractivity contribution in [1.29, 1.82) is 0 Å². The fourth-order valence-corrected chi connectivity index (χ4v) is 3.12. The van der Waals surface area contributed by atoms with Gasteiger partial charge in [-0.1, -0.05) is 13.3 Å². The summed E-state index contributed by atoms with van der Waals surface area (Å²) in [6.07, 6.45) is 4.75. The minimum atomic E-state index is -1.03. The van der Waals surface area contributed by atoms with Crippen LogP contribution in [0.25, 0.3) is 0 Å². The molecule has 2 rings (SSSR count). The molecule has 0 saturated carbocycles. The Morgan fingerprint density at radius 3 is 2.90 bits per heavy atom. The van der Waals surface area contributed by atoms with E-state index in [4.69, 9.17) is 0 Å². The maximum atomic E-state index is 11.7. The Morgan fingerprint density at radius 2 is 2.35 bits per heavy atom. The van der Waals surface area contributed by atoms with Gasteiger partial charge in [-0.3, -0.25) is 14.4 Å². The van der Waals surface area contributed by atoms with Gasteiger partial charge in [-0.15, -0.1) is 0 Å². The molecule has 0 radical (unpaired) electrons. The van der Waals surface area contributed by atoms with Crippen molar-refractivity contribution in [3.8, 4) is 0 Å². The second-order valence-corrected chi connectivity index (χ2v) is 5.75. The number of aliphatic hydroxyl groups is 1. The van der Waals surface area contributed by atoms with Crippen LogP contribution in [0.1, 0.15) is 31.7 Å². The molecule has 0 amide bonds. The molecule has 0 spiro atoms. The SMILES string of the molecule is CCC[C@@]1(C(=O)O)CN(Cc2cnn(C)c2)CC[C@H]1O. The number of hydrogen-bond acceptors (Lipinski definition) is 4. The third-order valence-corrected chi connectivity index (χ3v) is 4.15. The Bertz CT molecular complexity index is 474. The zero-order chi connectivity index (χ0) is 14.8. The zero-order valence-electron chi connectivity index (χ0n) is 12.1. The lowest BCUT2D eigenvalue weighted by atomic mass is 9.74. The van der Waals surface area contributed by atoms with Gasteiger partial charge in [0.15, 0.2) is 0 Å². The van der Waals surface area contributed by atoms with E-state index in [0.29, 0.717) is 25.9 Å². The van der Waals surface area contributed by atoms with Crippen molar-refractivity contribution in [1.82, 2.24) is 14.7 Å². The fourth-order valence-electron chi connectivity index (χ4n) is 3.12. The molecule has 1 fully saturated rings. The van der Waals surface area contributed by atoms with Crippen LogP contribution in [0.15, 0.2) is 12.4 Å². The van der Waals surface area contributed by atoms with E-state index in [2.05, 4.69) is 10.00 Å². The van der Waals surface area contributed by atoms with Crippen molar-refractivity contribution in [2.75, 3.05) is 13.1 Å². The number of rotatable bonds is 5. The minimum absolute atomic E-state index is 0.395. The summed E-state index contributed by atoms with van der Waals surface area (Å²) < 4.78 is 1.74. The molecular formula is C14H23N3O3. The predicted octanol–water partition coefficient (Wildman–Crippen LogP) is 0.858. The molecule has 6 nitrogen and oxygen atoms in total. The van der Waals surface area contributed by atoms with Crippen molar-refractivity contribution in [2.45, 2.75) is 38.8 Å². The molecule has 0 bridgehead atoms. The van der Waals surface area contributed by atoms with E-state index in [1.54, 1.807) is 10.9 Å². The number of nitrogens with zero attached hydrogens (tertiary/aromatic N) is 3. The van der Waals surface area contributed by atoms with Crippen molar-refractivity contribution >= 4 is 5.97 Å². The van der Waals surface area contributed by atoms with Crippen LogP contribution in [0.5, 0.6) is 0 Å². The van der Waals surface area contributed by atoms with Crippen LogP contribution >= 0.6 is 0 Å². The van der Waals surface area contributed by atoms with E-state index < -0.39 is 17.5 Å². The highest BCUT2D eigenvalue weighted by Gasteiger charge is 2.48. The molecule has 20 heavy (non-hydrogen) atoms. The second-order valence-electron chi connectivity index (χ2n) is 5.75. The lowest BCUT2D eigenvalue weighted by Crippen LogP contribution is -2.55. The van der Waals surface area contributed by atoms with E-state index >= 15 is 0 Å². The zero-order valence-corrected chi connectivity index (χ0v) is 12.1. The Hall–Kier alpha value is -1.40. The Kier molecular flexibility index (Phi) is 4.45. The third-order valence-electron chi connectivity index (χ3n) is 4.15. The quantitative estimate of drug-likeness (QED) is 0.837. The van der Waals surface area contributed by atoms with Gasteiger partial charge in [0.1, 0.15) is 5.41 Å². The number of carbonyl (C=O) groups is 1. The number of carboxylic acids is 1. The topological polar surface area (TPSA) is 78.6 Å². The van der Waals surface area contributed by atoms with Gasteiger partial charge in [0.05, 0.1) is 12.3 Å². The number of aromatic nitrogens is 2. The number of hydrogen-bond donors (Lipinski definition) is 2. The number of carboxylic acid groups (broad SMARTS) is 1. The second kappa shape index (κ2) is 5.93. The average molecular weight is 281 g/mol. The van der Waals surface area contributed by atoms with Crippen molar-refractivity contribution in [3.63, 3.8) is 0 Å². The maximum absolute atomic E-state index is 11.7. The van der Waals surface area contributed by atoms with Gasteiger partial charge in [-0.05, 0) is 12.8 Å². The van der Waals surface area contributed by atoms with Gasteiger partial charge in [-0.2, -0.15) is 5.10 Å². The van der Waals surface area contributed by atoms with E-state index in [9.17, 15) is 15.0 Å². The summed E-state index contributed by atoms with van der Waals surface area (Å²) in [4.78, 5) is 13.8. The summed E-state index contributed by atoms with van der Waals surface area (Å²) in [5.41, 5.74) is 0.0366. The highest BCUT2D eigenvalue weighted by molar-refractivity contribution is 5.76. The third kappa shape index (κ3) is 2.86.